The predicted octanol–water partition coefficient (Wildman–Crippen LogP) is 1.93. The lowest BCUT2D eigenvalue weighted by Crippen LogP contribution is -2.34. The van der Waals surface area contributed by atoms with Crippen LogP contribution in [0.4, 0.5) is 0 Å². The van der Waals surface area contributed by atoms with E-state index in [0.717, 1.165) is 25.7 Å². The van der Waals surface area contributed by atoms with Gasteiger partial charge >= 0.3 is 0 Å². The van der Waals surface area contributed by atoms with Crippen molar-refractivity contribution in [3.63, 3.8) is 0 Å². The van der Waals surface area contributed by atoms with E-state index in [-0.39, 0.29) is 11.9 Å². The summed E-state index contributed by atoms with van der Waals surface area (Å²) >= 11 is 0. The molecule has 0 spiro atoms. The molecule has 19 heavy (non-hydrogen) atoms. The molecule has 0 radical (unpaired) electrons. The Hall–Kier alpha value is -0.490. The molecule has 0 saturated carbocycles. The maximum Gasteiger partial charge on any atom is 0.220 e. The first kappa shape index (κ1) is 16.6. The van der Waals surface area contributed by atoms with Crippen molar-refractivity contribution in [2.24, 2.45) is 0 Å². The summed E-state index contributed by atoms with van der Waals surface area (Å²) < 4.78 is 21.7. The van der Waals surface area contributed by atoms with Crippen LogP contribution in [0.15, 0.2) is 0 Å². The van der Waals surface area contributed by atoms with Crippen LogP contribution in [-0.2, 0) is 23.7 Å². The number of carbonyl (C=O) groups excluding carboxylic acids is 1. The summed E-state index contributed by atoms with van der Waals surface area (Å²) in [7, 11) is 1.46. The van der Waals surface area contributed by atoms with Crippen LogP contribution in [0.1, 0.15) is 39.5 Å². The van der Waals surface area contributed by atoms with Crippen molar-refractivity contribution in [2.45, 2.75) is 58.0 Å². The van der Waals surface area contributed by atoms with E-state index in [4.69, 9.17) is 18.9 Å². The molecule has 1 saturated heterocycles. The van der Waals surface area contributed by atoms with Gasteiger partial charge in [-0.05, 0) is 12.8 Å². The monoisotopic (exact) mass is 274 g/mol. The molecule has 0 bridgehead atoms. The topological polar surface area (TPSA) is 54.0 Å². The normalized spacial score (nSPS) is 27.1. The summed E-state index contributed by atoms with van der Waals surface area (Å²) in [5.74, 6) is -0.136. The molecule has 1 heterocycles. The van der Waals surface area contributed by atoms with Gasteiger partial charge in [0.05, 0.1) is 6.61 Å². The highest BCUT2D eigenvalue weighted by Crippen LogP contribution is 2.21. The molecule has 0 aromatic carbocycles. The Morgan fingerprint density at radius 2 is 1.84 bits per heavy atom. The first-order valence-electron chi connectivity index (χ1n) is 7.15. The van der Waals surface area contributed by atoms with Gasteiger partial charge in [0.1, 0.15) is 12.2 Å². The number of carbonyl (C=O) groups is 1. The minimum Gasteiger partial charge on any atom is -0.379 e. The summed E-state index contributed by atoms with van der Waals surface area (Å²) in [5.41, 5.74) is 0. The fourth-order valence-electron chi connectivity index (χ4n) is 1.90. The summed E-state index contributed by atoms with van der Waals surface area (Å²) in [6.07, 6.45) is 2.34. The molecule has 112 valence electrons. The van der Waals surface area contributed by atoms with Gasteiger partial charge in [0, 0.05) is 20.3 Å². The largest absolute Gasteiger partial charge is 0.379 e. The molecular weight excluding hydrogens is 248 g/mol. The third-order valence-corrected chi connectivity index (χ3v) is 3.08. The highest BCUT2D eigenvalue weighted by molar-refractivity contribution is 5.88. The van der Waals surface area contributed by atoms with Crippen LogP contribution in [0.2, 0.25) is 0 Å². The Labute approximate surface area is 115 Å². The molecular formula is C14H26O5. The number of methoxy groups -OCH3 is 1. The van der Waals surface area contributed by atoms with Crippen molar-refractivity contribution < 1.29 is 23.7 Å². The predicted molar refractivity (Wildman–Crippen MR) is 71.1 cm³/mol. The molecule has 5 heteroatoms. The molecule has 0 aliphatic carbocycles. The number of Topliss-reactive ketones (excluding diaryl/α,β-unsaturated/α-hetero) is 1. The van der Waals surface area contributed by atoms with Gasteiger partial charge in [-0.2, -0.15) is 0 Å². The number of hydrogen-bond acceptors (Lipinski definition) is 5. The molecule has 3 atom stereocenters. The summed E-state index contributed by atoms with van der Waals surface area (Å²) in [5, 5.41) is 0. The van der Waals surface area contributed by atoms with Crippen LogP contribution in [0.3, 0.4) is 0 Å². The van der Waals surface area contributed by atoms with E-state index in [9.17, 15) is 4.79 Å². The van der Waals surface area contributed by atoms with Gasteiger partial charge in [0.25, 0.3) is 0 Å². The zero-order valence-electron chi connectivity index (χ0n) is 12.2. The van der Waals surface area contributed by atoms with E-state index in [1.54, 1.807) is 0 Å². The Morgan fingerprint density at radius 3 is 2.47 bits per heavy atom. The Morgan fingerprint density at radius 1 is 1.16 bits per heavy atom. The van der Waals surface area contributed by atoms with Crippen molar-refractivity contribution >= 4 is 5.78 Å². The van der Waals surface area contributed by atoms with Crippen molar-refractivity contribution in [1.82, 2.24) is 0 Å². The van der Waals surface area contributed by atoms with Crippen LogP contribution in [0.25, 0.3) is 0 Å². The summed E-state index contributed by atoms with van der Waals surface area (Å²) in [6.45, 7) is 5.82. The zero-order valence-corrected chi connectivity index (χ0v) is 12.2. The smallest absolute Gasteiger partial charge is 0.220 e. The lowest BCUT2D eigenvalue weighted by molar-refractivity contribution is -0.154. The van der Waals surface area contributed by atoms with Gasteiger partial charge in [-0.1, -0.05) is 26.7 Å². The summed E-state index contributed by atoms with van der Waals surface area (Å²) in [4.78, 5) is 12.0. The van der Waals surface area contributed by atoms with Crippen molar-refractivity contribution in [2.75, 3.05) is 26.9 Å². The molecule has 1 rings (SSSR count). The highest BCUT2D eigenvalue weighted by atomic mass is 16.7. The molecule has 0 aromatic heterocycles. The number of rotatable bonds is 10. The molecule has 1 aliphatic rings. The van der Waals surface area contributed by atoms with Crippen molar-refractivity contribution in [1.29, 1.82) is 0 Å². The van der Waals surface area contributed by atoms with E-state index in [2.05, 4.69) is 13.8 Å². The maximum atomic E-state index is 12.0. The average molecular weight is 274 g/mol. The Bertz CT molecular complexity index is 256. The number of ether oxygens (including phenoxy) is 4. The first-order chi connectivity index (χ1) is 9.24. The fraction of sp³-hybridized carbons (Fsp3) is 0.929. The fourth-order valence-corrected chi connectivity index (χ4v) is 1.90. The molecule has 0 N–H and O–H groups in total. The molecule has 1 aliphatic heterocycles. The van der Waals surface area contributed by atoms with Crippen LogP contribution < -0.4 is 0 Å². The average Bonchev–Trinajstić information content (AvgIpc) is 2.72. The minimum atomic E-state index is -0.814. The van der Waals surface area contributed by atoms with Crippen molar-refractivity contribution in [3.8, 4) is 0 Å². The number of ketones is 1. The maximum absolute atomic E-state index is 12.0. The number of hydrogen-bond donors (Lipinski definition) is 0. The molecule has 5 nitrogen and oxygen atoms in total. The second-order valence-corrected chi connectivity index (χ2v) is 4.72. The van der Waals surface area contributed by atoms with Gasteiger partial charge in [-0.25, -0.2) is 0 Å². The molecule has 0 amide bonds. The SMILES string of the molecule is CCCCOC[C@H]1O[C@H](OC)C(=O)[C@@H]1OCCCC. The molecule has 1 fully saturated rings. The Kier molecular flexibility index (Phi) is 8.21. The third-order valence-electron chi connectivity index (χ3n) is 3.08. The van der Waals surface area contributed by atoms with E-state index >= 15 is 0 Å². The highest BCUT2D eigenvalue weighted by Gasteiger charge is 2.44. The van der Waals surface area contributed by atoms with Gasteiger partial charge in [0.2, 0.25) is 12.1 Å². The quantitative estimate of drug-likeness (QED) is 0.570. The second kappa shape index (κ2) is 9.42. The van der Waals surface area contributed by atoms with E-state index in [1.807, 2.05) is 0 Å². The Balaban J connectivity index is 2.42. The van der Waals surface area contributed by atoms with Crippen LogP contribution >= 0.6 is 0 Å². The van der Waals surface area contributed by atoms with Gasteiger partial charge in [0.15, 0.2) is 0 Å². The van der Waals surface area contributed by atoms with Crippen LogP contribution in [0, 0.1) is 0 Å². The van der Waals surface area contributed by atoms with Crippen LogP contribution in [-0.4, -0.2) is 51.2 Å². The molecule has 0 unspecified atom stereocenters. The standard InChI is InChI=1S/C14H26O5/c1-4-6-8-17-10-11-13(18-9-7-5-2)12(15)14(16-3)19-11/h11,13-14H,4-10H2,1-3H3/t11-,13-,14+/m1/s1. The van der Waals surface area contributed by atoms with E-state index in [0.29, 0.717) is 19.8 Å². The van der Waals surface area contributed by atoms with Gasteiger partial charge < -0.3 is 18.9 Å². The number of unbranched alkanes of at least 4 members (excludes halogenated alkanes) is 2. The lowest BCUT2D eigenvalue weighted by atomic mass is 10.1. The summed E-state index contributed by atoms with van der Waals surface area (Å²) in [6, 6.07) is 0. The van der Waals surface area contributed by atoms with Crippen LogP contribution in [0.5, 0.6) is 0 Å². The van der Waals surface area contributed by atoms with E-state index in [1.165, 1.54) is 7.11 Å². The minimum absolute atomic E-state index is 0.136. The van der Waals surface area contributed by atoms with E-state index < -0.39 is 12.4 Å². The lowest BCUT2D eigenvalue weighted by Gasteiger charge is -2.17. The first-order valence-corrected chi connectivity index (χ1v) is 7.15. The van der Waals surface area contributed by atoms with Crippen molar-refractivity contribution in [3.05, 3.63) is 0 Å². The third kappa shape index (κ3) is 5.18. The van der Waals surface area contributed by atoms with Gasteiger partial charge in [-0.3, -0.25) is 4.79 Å². The zero-order chi connectivity index (χ0) is 14.1. The molecule has 0 aromatic rings. The van der Waals surface area contributed by atoms with Gasteiger partial charge in [-0.15, -0.1) is 0 Å². The second-order valence-electron chi connectivity index (χ2n) is 4.72.